The van der Waals surface area contributed by atoms with Crippen LogP contribution in [0.4, 0.5) is 11.4 Å². The predicted octanol–water partition coefficient (Wildman–Crippen LogP) is 2.05. The molecule has 0 fully saturated rings. The molecule has 7 nitrogen and oxygen atoms in total. The molecule has 0 saturated carbocycles. The van der Waals surface area contributed by atoms with Gasteiger partial charge in [-0.3, -0.25) is 20.8 Å². The third kappa shape index (κ3) is 4.51. The summed E-state index contributed by atoms with van der Waals surface area (Å²) >= 11 is 0. The van der Waals surface area contributed by atoms with Gasteiger partial charge in [0.15, 0.2) is 0 Å². The summed E-state index contributed by atoms with van der Waals surface area (Å²) in [6.07, 6.45) is 1.94. The Morgan fingerprint density at radius 3 is 2.70 bits per heavy atom. The van der Waals surface area contributed by atoms with Crippen molar-refractivity contribution in [3.8, 4) is 0 Å². The second-order valence-electron chi connectivity index (χ2n) is 4.93. The lowest BCUT2D eigenvalue weighted by Gasteiger charge is -2.08. The average molecular weight is 280 g/mol. The molecule has 1 aromatic rings. The highest BCUT2D eigenvalue weighted by Crippen LogP contribution is 2.24. The molecule has 0 bridgehead atoms. The van der Waals surface area contributed by atoms with Crippen LogP contribution in [0.3, 0.4) is 0 Å². The fourth-order valence-corrected chi connectivity index (χ4v) is 1.77. The quantitative estimate of drug-likeness (QED) is 0.306. The number of carbonyl (C=O) groups excluding carboxylic acids is 1. The molecule has 1 rings (SSSR count). The summed E-state index contributed by atoms with van der Waals surface area (Å²) in [6, 6.07) is 4.05. The van der Waals surface area contributed by atoms with Gasteiger partial charge in [-0.1, -0.05) is 13.8 Å². The molecule has 1 aromatic carbocycles. The molecule has 110 valence electrons. The van der Waals surface area contributed by atoms with Crippen LogP contribution in [0.5, 0.6) is 0 Å². The number of hydrogen-bond acceptors (Lipinski definition) is 5. The first-order valence-electron chi connectivity index (χ1n) is 6.49. The van der Waals surface area contributed by atoms with Crippen LogP contribution in [0.1, 0.15) is 37.0 Å². The maximum Gasteiger partial charge on any atom is 0.293 e. The predicted molar refractivity (Wildman–Crippen MR) is 77.3 cm³/mol. The third-order valence-corrected chi connectivity index (χ3v) is 2.85. The number of amides is 1. The van der Waals surface area contributed by atoms with Gasteiger partial charge < -0.3 is 10.7 Å². The van der Waals surface area contributed by atoms with Gasteiger partial charge in [-0.25, -0.2) is 0 Å². The lowest BCUT2D eigenvalue weighted by Crippen LogP contribution is -2.25. The molecule has 0 atom stereocenters. The molecule has 0 unspecified atom stereocenters. The van der Waals surface area contributed by atoms with Gasteiger partial charge in [0.25, 0.3) is 11.6 Å². The standard InChI is InChI=1S/C13H20N4O3/c1-9(2)4-3-7-15-13(18)10-5-6-12(17(19)20)11(8-10)16-14/h5-6,8-9,16H,3-4,7,14H2,1-2H3,(H,15,18). The van der Waals surface area contributed by atoms with Gasteiger partial charge in [-0.2, -0.15) is 0 Å². The molecule has 0 aliphatic heterocycles. The van der Waals surface area contributed by atoms with E-state index in [1.165, 1.54) is 18.2 Å². The highest BCUT2D eigenvalue weighted by molar-refractivity contribution is 5.95. The number of rotatable bonds is 7. The fourth-order valence-electron chi connectivity index (χ4n) is 1.77. The molecular formula is C13H20N4O3. The van der Waals surface area contributed by atoms with E-state index in [2.05, 4.69) is 24.6 Å². The Balaban J connectivity index is 2.67. The van der Waals surface area contributed by atoms with Gasteiger partial charge in [0.2, 0.25) is 0 Å². The largest absolute Gasteiger partial charge is 0.352 e. The van der Waals surface area contributed by atoms with Gasteiger partial charge in [0, 0.05) is 18.2 Å². The number of nitrogens with one attached hydrogen (secondary N) is 2. The van der Waals surface area contributed by atoms with Crippen LogP contribution >= 0.6 is 0 Å². The van der Waals surface area contributed by atoms with Crippen LogP contribution < -0.4 is 16.6 Å². The Morgan fingerprint density at radius 2 is 2.15 bits per heavy atom. The second kappa shape index (κ2) is 7.44. The van der Waals surface area contributed by atoms with Crippen molar-refractivity contribution in [3.05, 3.63) is 33.9 Å². The first kappa shape index (κ1) is 15.9. The molecular weight excluding hydrogens is 260 g/mol. The molecule has 0 aromatic heterocycles. The number of nitrogen functional groups attached to an aromatic ring is 1. The SMILES string of the molecule is CC(C)CCCNC(=O)c1ccc([N+](=O)[O-])c(NN)c1. The van der Waals surface area contributed by atoms with Gasteiger partial charge in [0.05, 0.1) is 4.92 Å². The third-order valence-electron chi connectivity index (χ3n) is 2.85. The number of hydrogen-bond donors (Lipinski definition) is 3. The minimum atomic E-state index is -0.556. The summed E-state index contributed by atoms with van der Waals surface area (Å²) in [5.74, 6) is 5.56. The fraction of sp³-hybridized carbons (Fsp3) is 0.462. The monoisotopic (exact) mass is 280 g/mol. The van der Waals surface area contributed by atoms with Crippen LogP contribution in [0, 0.1) is 16.0 Å². The molecule has 1 amide bonds. The van der Waals surface area contributed by atoms with E-state index in [1.807, 2.05) is 0 Å². The molecule has 4 N–H and O–H groups in total. The lowest BCUT2D eigenvalue weighted by molar-refractivity contribution is -0.384. The summed E-state index contributed by atoms with van der Waals surface area (Å²) in [5, 5.41) is 13.5. The Labute approximate surface area is 117 Å². The molecule has 0 heterocycles. The van der Waals surface area contributed by atoms with E-state index in [4.69, 9.17) is 5.84 Å². The number of nitrogens with two attached hydrogens (primary N) is 1. The van der Waals surface area contributed by atoms with E-state index in [9.17, 15) is 14.9 Å². The van der Waals surface area contributed by atoms with Crippen LogP contribution in [0.25, 0.3) is 0 Å². The summed E-state index contributed by atoms with van der Waals surface area (Å²) < 4.78 is 0. The van der Waals surface area contributed by atoms with Gasteiger partial charge >= 0.3 is 0 Å². The Hall–Kier alpha value is -2.15. The molecule has 0 saturated heterocycles. The van der Waals surface area contributed by atoms with E-state index >= 15 is 0 Å². The van der Waals surface area contributed by atoms with Crippen molar-refractivity contribution in [2.24, 2.45) is 11.8 Å². The smallest absolute Gasteiger partial charge is 0.293 e. The molecule has 7 heteroatoms. The highest BCUT2D eigenvalue weighted by atomic mass is 16.6. The molecule has 0 spiro atoms. The average Bonchev–Trinajstić information content (AvgIpc) is 2.42. The molecule has 0 aliphatic carbocycles. The number of hydrazine groups is 1. The van der Waals surface area contributed by atoms with Crippen molar-refractivity contribution in [1.82, 2.24) is 5.32 Å². The molecule has 0 radical (unpaired) electrons. The lowest BCUT2D eigenvalue weighted by atomic mass is 10.1. The number of carbonyl (C=O) groups is 1. The van der Waals surface area contributed by atoms with Crippen molar-refractivity contribution in [1.29, 1.82) is 0 Å². The number of nitro benzene ring substituents is 1. The molecule has 20 heavy (non-hydrogen) atoms. The van der Waals surface area contributed by atoms with Crippen LogP contribution in [-0.4, -0.2) is 17.4 Å². The summed E-state index contributed by atoms with van der Waals surface area (Å²) in [6.45, 7) is 4.83. The van der Waals surface area contributed by atoms with Crippen LogP contribution in [0.15, 0.2) is 18.2 Å². The zero-order valence-corrected chi connectivity index (χ0v) is 11.7. The minimum Gasteiger partial charge on any atom is -0.352 e. The maximum atomic E-state index is 11.9. The summed E-state index contributed by atoms with van der Waals surface area (Å²) in [4.78, 5) is 22.1. The van der Waals surface area contributed by atoms with Gasteiger partial charge in [-0.05, 0) is 30.9 Å². The topological polar surface area (TPSA) is 110 Å². The van der Waals surface area contributed by atoms with E-state index in [1.54, 1.807) is 0 Å². The van der Waals surface area contributed by atoms with Crippen molar-refractivity contribution in [2.45, 2.75) is 26.7 Å². The Morgan fingerprint density at radius 1 is 1.45 bits per heavy atom. The maximum absolute atomic E-state index is 11.9. The zero-order valence-electron chi connectivity index (χ0n) is 11.7. The van der Waals surface area contributed by atoms with Crippen molar-refractivity contribution < 1.29 is 9.72 Å². The number of benzene rings is 1. The van der Waals surface area contributed by atoms with Gasteiger partial charge in [-0.15, -0.1) is 0 Å². The number of nitro groups is 1. The first-order chi connectivity index (χ1) is 9.45. The number of nitrogens with zero attached hydrogens (tertiary/aromatic N) is 1. The zero-order chi connectivity index (χ0) is 15.1. The normalized spacial score (nSPS) is 10.4. The Kier molecular flexibility index (Phi) is 5.92. The van der Waals surface area contributed by atoms with E-state index in [-0.39, 0.29) is 17.3 Å². The van der Waals surface area contributed by atoms with E-state index in [0.29, 0.717) is 18.0 Å². The van der Waals surface area contributed by atoms with Crippen LogP contribution in [0.2, 0.25) is 0 Å². The van der Waals surface area contributed by atoms with Crippen molar-refractivity contribution in [2.75, 3.05) is 12.0 Å². The van der Waals surface area contributed by atoms with E-state index in [0.717, 1.165) is 12.8 Å². The minimum absolute atomic E-state index is 0.116. The van der Waals surface area contributed by atoms with Crippen molar-refractivity contribution >= 4 is 17.3 Å². The second-order valence-corrected chi connectivity index (χ2v) is 4.93. The summed E-state index contributed by atoms with van der Waals surface area (Å²) in [7, 11) is 0. The van der Waals surface area contributed by atoms with Gasteiger partial charge in [0.1, 0.15) is 5.69 Å². The Bertz CT molecular complexity index is 489. The van der Waals surface area contributed by atoms with Crippen LogP contribution in [-0.2, 0) is 0 Å². The highest BCUT2D eigenvalue weighted by Gasteiger charge is 2.15. The first-order valence-corrected chi connectivity index (χ1v) is 6.49. The summed E-state index contributed by atoms with van der Waals surface area (Å²) in [5.41, 5.74) is 2.53. The molecule has 0 aliphatic rings. The number of anilines is 1. The van der Waals surface area contributed by atoms with E-state index < -0.39 is 4.92 Å². The van der Waals surface area contributed by atoms with Crippen molar-refractivity contribution in [3.63, 3.8) is 0 Å².